The van der Waals surface area contributed by atoms with Crippen LogP contribution in [-0.4, -0.2) is 9.78 Å². The standard InChI is InChI=1S/C7H11FN2/c1-7(2,3)10-6(8)4-5-9-10/h4-5H,1-3H3. The predicted octanol–water partition coefficient (Wildman–Crippen LogP) is 1.78. The molecule has 10 heavy (non-hydrogen) atoms. The van der Waals surface area contributed by atoms with Crippen molar-refractivity contribution in [2.45, 2.75) is 26.3 Å². The lowest BCUT2D eigenvalue weighted by Gasteiger charge is -2.18. The highest BCUT2D eigenvalue weighted by atomic mass is 19.1. The van der Waals surface area contributed by atoms with E-state index in [1.165, 1.54) is 16.9 Å². The summed E-state index contributed by atoms with van der Waals surface area (Å²) in [4.78, 5) is 0. The molecule has 0 aliphatic carbocycles. The van der Waals surface area contributed by atoms with Gasteiger partial charge >= 0.3 is 0 Å². The Bertz CT molecular complexity index is 222. The molecule has 0 atom stereocenters. The van der Waals surface area contributed by atoms with Gasteiger partial charge < -0.3 is 0 Å². The first-order valence-corrected chi connectivity index (χ1v) is 3.22. The lowest BCUT2D eigenvalue weighted by atomic mass is 10.1. The van der Waals surface area contributed by atoms with Gasteiger partial charge in [-0.25, -0.2) is 4.68 Å². The molecule has 0 saturated heterocycles. The SMILES string of the molecule is CC(C)(C)n1nccc1F. The molecule has 0 N–H and O–H groups in total. The molecule has 0 aliphatic heterocycles. The predicted molar refractivity (Wildman–Crippen MR) is 37.2 cm³/mol. The third-order valence-electron chi connectivity index (χ3n) is 1.23. The molecule has 0 saturated carbocycles. The summed E-state index contributed by atoms with van der Waals surface area (Å²) in [6, 6.07) is 1.35. The lowest BCUT2D eigenvalue weighted by molar-refractivity contribution is 0.299. The van der Waals surface area contributed by atoms with Crippen LogP contribution in [-0.2, 0) is 5.54 Å². The Hall–Kier alpha value is -0.860. The summed E-state index contributed by atoms with van der Waals surface area (Å²) in [6.07, 6.45) is 1.46. The summed E-state index contributed by atoms with van der Waals surface area (Å²) in [5, 5.41) is 3.83. The minimum atomic E-state index is -0.285. The molecule has 0 aliphatic rings. The molecule has 1 rings (SSSR count). The maximum Gasteiger partial charge on any atom is 0.211 e. The van der Waals surface area contributed by atoms with Gasteiger partial charge in [0.05, 0.1) is 11.7 Å². The van der Waals surface area contributed by atoms with Crippen LogP contribution in [0.15, 0.2) is 12.3 Å². The van der Waals surface area contributed by atoms with E-state index in [9.17, 15) is 4.39 Å². The van der Waals surface area contributed by atoms with E-state index in [1.807, 2.05) is 20.8 Å². The summed E-state index contributed by atoms with van der Waals surface area (Å²) in [6.45, 7) is 5.72. The van der Waals surface area contributed by atoms with Crippen LogP contribution in [0, 0.1) is 5.95 Å². The molecule has 0 aromatic carbocycles. The summed E-state index contributed by atoms with van der Waals surface area (Å²) in [5.41, 5.74) is -0.256. The fourth-order valence-corrected chi connectivity index (χ4v) is 0.781. The summed E-state index contributed by atoms with van der Waals surface area (Å²) >= 11 is 0. The number of nitrogens with zero attached hydrogens (tertiary/aromatic N) is 2. The van der Waals surface area contributed by atoms with Gasteiger partial charge in [0.15, 0.2) is 0 Å². The van der Waals surface area contributed by atoms with Crippen LogP contribution in [0.1, 0.15) is 20.8 Å². The van der Waals surface area contributed by atoms with Crippen LogP contribution >= 0.6 is 0 Å². The van der Waals surface area contributed by atoms with Crippen molar-refractivity contribution in [1.82, 2.24) is 9.78 Å². The van der Waals surface area contributed by atoms with Crippen molar-refractivity contribution in [2.75, 3.05) is 0 Å². The van der Waals surface area contributed by atoms with Gasteiger partial charge in [-0.1, -0.05) is 0 Å². The topological polar surface area (TPSA) is 17.8 Å². The largest absolute Gasteiger partial charge is 0.234 e. The average Bonchev–Trinajstić information content (AvgIpc) is 2.11. The van der Waals surface area contributed by atoms with E-state index in [2.05, 4.69) is 5.10 Å². The zero-order valence-electron chi connectivity index (χ0n) is 6.43. The third-order valence-corrected chi connectivity index (χ3v) is 1.23. The van der Waals surface area contributed by atoms with Crippen LogP contribution in [0.2, 0.25) is 0 Å². The molecule has 0 amide bonds. The molecule has 0 spiro atoms. The molecule has 3 heteroatoms. The fourth-order valence-electron chi connectivity index (χ4n) is 0.781. The van der Waals surface area contributed by atoms with Gasteiger partial charge in [0.2, 0.25) is 5.95 Å². The molecule has 0 bridgehead atoms. The van der Waals surface area contributed by atoms with E-state index in [-0.39, 0.29) is 11.5 Å². The molecule has 0 unspecified atom stereocenters. The van der Waals surface area contributed by atoms with Gasteiger partial charge in [0.1, 0.15) is 0 Å². The first-order chi connectivity index (χ1) is 4.52. The van der Waals surface area contributed by atoms with Crippen LogP contribution < -0.4 is 0 Å². The molecule has 0 fully saturated rings. The van der Waals surface area contributed by atoms with Gasteiger partial charge in [-0.2, -0.15) is 9.49 Å². The highest BCUT2D eigenvalue weighted by molar-refractivity contribution is 4.87. The lowest BCUT2D eigenvalue weighted by Crippen LogP contribution is -2.24. The zero-order valence-corrected chi connectivity index (χ0v) is 6.43. The first-order valence-electron chi connectivity index (χ1n) is 3.22. The number of halogens is 1. The summed E-state index contributed by atoms with van der Waals surface area (Å²) < 4.78 is 14.1. The van der Waals surface area contributed by atoms with Crippen LogP contribution in [0.5, 0.6) is 0 Å². The van der Waals surface area contributed by atoms with E-state index < -0.39 is 0 Å². The normalized spacial score (nSPS) is 12.0. The number of aromatic nitrogens is 2. The van der Waals surface area contributed by atoms with Gasteiger partial charge in [0.25, 0.3) is 0 Å². The van der Waals surface area contributed by atoms with Crippen molar-refractivity contribution in [3.8, 4) is 0 Å². The Morgan fingerprint density at radius 1 is 1.50 bits per heavy atom. The maximum atomic E-state index is 12.7. The molecule has 1 aromatic heterocycles. The maximum absolute atomic E-state index is 12.7. The fraction of sp³-hybridized carbons (Fsp3) is 0.571. The Kier molecular flexibility index (Phi) is 1.50. The summed E-state index contributed by atoms with van der Waals surface area (Å²) in [7, 11) is 0. The second kappa shape index (κ2) is 2.08. The zero-order chi connectivity index (χ0) is 7.78. The van der Waals surface area contributed by atoms with Crippen molar-refractivity contribution in [3.63, 3.8) is 0 Å². The van der Waals surface area contributed by atoms with Crippen molar-refractivity contribution in [3.05, 3.63) is 18.2 Å². The third kappa shape index (κ3) is 1.17. The van der Waals surface area contributed by atoms with E-state index in [0.29, 0.717) is 0 Å². The molecule has 56 valence electrons. The van der Waals surface area contributed by atoms with Crippen LogP contribution in [0.25, 0.3) is 0 Å². The van der Waals surface area contributed by atoms with Gasteiger partial charge in [-0.3, -0.25) is 0 Å². The highest BCUT2D eigenvalue weighted by Gasteiger charge is 2.16. The van der Waals surface area contributed by atoms with Gasteiger partial charge in [-0.05, 0) is 20.8 Å². The second-order valence-electron chi connectivity index (χ2n) is 3.24. The molecule has 1 aromatic rings. The monoisotopic (exact) mass is 142 g/mol. The number of rotatable bonds is 0. The Labute approximate surface area is 59.7 Å². The Balaban J connectivity index is 3.05. The number of hydrogen-bond acceptors (Lipinski definition) is 1. The molecule has 1 heterocycles. The highest BCUT2D eigenvalue weighted by Crippen LogP contribution is 2.13. The summed E-state index contributed by atoms with van der Waals surface area (Å²) in [5.74, 6) is -0.285. The molecular weight excluding hydrogens is 131 g/mol. The quantitative estimate of drug-likeness (QED) is 0.540. The Morgan fingerprint density at radius 2 is 2.10 bits per heavy atom. The van der Waals surface area contributed by atoms with Crippen molar-refractivity contribution in [2.24, 2.45) is 0 Å². The minimum absolute atomic E-state index is 0.256. The van der Waals surface area contributed by atoms with Gasteiger partial charge in [0, 0.05) is 6.07 Å². The molecular formula is C7H11FN2. The number of hydrogen-bond donors (Lipinski definition) is 0. The van der Waals surface area contributed by atoms with Crippen molar-refractivity contribution >= 4 is 0 Å². The molecule has 2 nitrogen and oxygen atoms in total. The van der Waals surface area contributed by atoms with Crippen molar-refractivity contribution in [1.29, 1.82) is 0 Å². The minimum Gasteiger partial charge on any atom is -0.234 e. The smallest absolute Gasteiger partial charge is 0.211 e. The van der Waals surface area contributed by atoms with Crippen LogP contribution in [0.4, 0.5) is 4.39 Å². The van der Waals surface area contributed by atoms with E-state index in [1.54, 1.807) is 0 Å². The average molecular weight is 142 g/mol. The van der Waals surface area contributed by atoms with E-state index >= 15 is 0 Å². The van der Waals surface area contributed by atoms with Crippen molar-refractivity contribution < 1.29 is 4.39 Å². The van der Waals surface area contributed by atoms with E-state index in [4.69, 9.17) is 0 Å². The first kappa shape index (κ1) is 7.25. The Morgan fingerprint density at radius 3 is 2.30 bits per heavy atom. The van der Waals surface area contributed by atoms with Crippen LogP contribution in [0.3, 0.4) is 0 Å². The molecule has 0 radical (unpaired) electrons. The second-order valence-corrected chi connectivity index (χ2v) is 3.24. The van der Waals surface area contributed by atoms with Gasteiger partial charge in [-0.15, -0.1) is 0 Å². The van der Waals surface area contributed by atoms with E-state index in [0.717, 1.165) is 0 Å².